The molecule has 0 spiro atoms. The molecule has 1 nitrogen and oxygen atoms in total. The number of carbonyl (C=O) groups is 1. The molecule has 0 fully saturated rings. The number of hydrogen-bond acceptors (Lipinski definition) is 1. The third kappa shape index (κ3) is 2.43. The molecule has 1 rings (SSSR count). The maximum absolute atomic E-state index is 11.1. The molecule has 0 aliphatic carbocycles. The van der Waals surface area contributed by atoms with Crippen molar-refractivity contribution in [2.24, 2.45) is 0 Å². The average molecular weight is 195 g/mol. The predicted molar refractivity (Wildman–Crippen MR) is 55.6 cm³/mol. The first-order valence-corrected chi connectivity index (χ1v) is 4.43. The molecule has 0 amide bonds. The monoisotopic (exact) mass is 194 g/mol. The molecule has 0 aliphatic heterocycles. The van der Waals surface area contributed by atoms with Crippen LogP contribution in [0.5, 0.6) is 0 Å². The van der Waals surface area contributed by atoms with E-state index >= 15 is 0 Å². The van der Waals surface area contributed by atoms with Crippen molar-refractivity contribution >= 4 is 22.4 Å². The van der Waals surface area contributed by atoms with E-state index in [9.17, 15) is 4.79 Å². The van der Waals surface area contributed by atoms with Crippen LogP contribution in [-0.2, 0) is 4.79 Å². The molecule has 0 radical (unpaired) electrons. The summed E-state index contributed by atoms with van der Waals surface area (Å²) in [6.45, 7) is 3.76. The first kappa shape index (κ1) is 10.0. The summed E-state index contributed by atoms with van der Waals surface area (Å²) in [5.74, 6) is 0. The van der Waals surface area contributed by atoms with Crippen molar-refractivity contribution in [3.8, 4) is 0 Å². The molecule has 0 saturated carbocycles. The molecule has 0 saturated heterocycles. The molecule has 13 heavy (non-hydrogen) atoms. The molecule has 2 heteroatoms. The summed E-state index contributed by atoms with van der Waals surface area (Å²) in [5.41, 5.74) is 2.41. The van der Waals surface area contributed by atoms with E-state index in [-0.39, 0.29) is 0 Å². The van der Waals surface area contributed by atoms with E-state index < -0.39 is 5.24 Å². The Morgan fingerprint density at radius 3 is 2.08 bits per heavy atom. The summed E-state index contributed by atoms with van der Waals surface area (Å²) in [6.07, 6.45) is 0. The predicted octanol–water partition coefficient (Wildman–Crippen LogP) is 3.25. The fourth-order valence-corrected chi connectivity index (χ4v) is 1.50. The Labute approximate surface area is 83.0 Å². The average Bonchev–Trinajstić information content (AvgIpc) is 2.04. The van der Waals surface area contributed by atoms with Gasteiger partial charge in [-0.05, 0) is 31.0 Å². The van der Waals surface area contributed by atoms with Gasteiger partial charge in [-0.15, -0.1) is 0 Å². The van der Waals surface area contributed by atoms with E-state index in [1.165, 1.54) is 0 Å². The van der Waals surface area contributed by atoms with Crippen LogP contribution in [0.3, 0.4) is 0 Å². The summed E-state index contributed by atoms with van der Waals surface area (Å²) in [5, 5.41) is -0.397. The van der Waals surface area contributed by atoms with Gasteiger partial charge in [0.1, 0.15) is 0 Å². The fourth-order valence-electron chi connectivity index (χ4n) is 1.20. The van der Waals surface area contributed by atoms with Gasteiger partial charge in [0.15, 0.2) is 0 Å². The van der Waals surface area contributed by atoms with Gasteiger partial charge in [-0.3, -0.25) is 4.79 Å². The summed E-state index contributed by atoms with van der Waals surface area (Å²) in [6, 6.07) is 9.44. The van der Waals surface area contributed by atoms with Crippen molar-refractivity contribution in [1.82, 2.24) is 0 Å². The van der Waals surface area contributed by atoms with Crippen LogP contribution < -0.4 is 0 Å². The van der Waals surface area contributed by atoms with Crippen molar-refractivity contribution in [3.63, 3.8) is 0 Å². The lowest BCUT2D eigenvalue weighted by atomic mass is 10.0. The van der Waals surface area contributed by atoms with Gasteiger partial charge < -0.3 is 0 Å². The molecule has 0 bridgehead atoms. The van der Waals surface area contributed by atoms with Crippen LogP contribution in [0.4, 0.5) is 0 Å². The summed E-state index contributed by atoms with van der Waals surface area (Å²) >= 11 is 5.48. The largest absolute Gasteiger partial charge is 0.276 e. The van der Waals surface area contributed by atoms with Gasteiger partial charge in [0.05, 0.1) is 0 Å². The van der Waals surface area contributed by atoms with E-state index in [1.807, 2.05) is 44.2 Å². The van der Waals surface area contributed by atoms with Gasteiger partial charge in [0.25, 0.3) is 5.24 Å². The highest BCUT2D eigenvalue weighted by atomic mass is 35.5. The number of allylic oxidation sites excluding steroid dienone is 2. The van der Waals surface area contributed by atoms with Crippen molar-refractivity contribution in [2.75, 3.05) is 0 Å². The van der Waals surface area contributed by atoms with E-state index in [0.717, 1.165) is 11.1 Å². The fraction of sp³-hybridized carbons (Fsp3) is 0.182. The molecular weight excluding hydrogens is 184 g/mol. The van der Waals surface area contributed by atoms with Gasteiger partial charge >= 0.3 is 0 Å². The third-order valence-corrected chi connectivity index (χ3v) is 1.95. The zero-order valence-corrected chi connectivity index (χ0v) is 8.43. The maximum Gasteiger partial charge on any atom is 0.252 e. The van der Waals surface area contributed by atoms with Crippen molar-refractivity contribution in [3.05, 3.63) is 41.5 Å². The second kappa shape index (κ2) is 4.24. The lowest BCUT2D eigenvalue weighted by Gasteiger charge is -2.04. The molecule has 68 valence electrons. The van der Waals surface area contributed by atoms with Gasteiger partial charge in [-0.25, -0.2) is 0 Å². The molecule has 1 aromatic rings. The van der Waals surface area contributed by atoms with Crippen molar-refractivity contribution in [2.45, 2.75) is 13.8 Å². The Hall–Kier alpha value is -1.08. The van der Waals surface area contributed by atoms with Crippen LogP contribution in [-0.4, -0.2) is 5.24 Å². The number of benzene rings is 1. The molecule has 0 aromatic heterocycles. The quantitative estimate of drug-likeness (QED) is 0.522. The Morgan fingerprint density at radius 1 is 1.15 bits per heavy atom. The number of carbonyl (C=O) groups excluding carboxylic acids is 1. The molecular formula is C11H11ClO. The standard InChI is InChI=1S/C11H11ClO/c1-8(2)10(11(12)13)9-6-4-3-5-7-9/h3-7H,1-2H3. The summed E-state index contributed by atoms with van der Waals surface area (Å²) in [4.78, 5) is 11.1. The van der Waals surface area contributed by atoms with E-state index in [2.05, 4.69) is 0 Å². The number of hydrogen-bond donors (Lipinski definition) is 0. The lowest BCUT2D eigenvalue weighted by Crippen LogP contribution is -1.95. The van der Waals surface area contributed by atoms with Crippen molar-refractivity contribution in [1.29, 1.82) is 0 Å². The van der Waals surface area contributed by atoms with Gasteiger partial charge in [-0.2, -0.15) is 0 Å². The van der Waals surface area contributed by atoms with Crippen LogP contribution in [0.25, 0.3) is 5.57 Å². The van der Waals surface area contributed by atoms with Crippen molar-refractivity contribution < 1.29 is 4.79 Å². The maximum atomic E-state index is 11.1. The molecule has 0 atom stereocenters. The normalized spacial score (nSPS) is 9.46. The molecule has 0 unspecified atom stereocenters. The first-order valence-electron chi connectivity index (χ1n) is 4.05. The van der Waals surface area contributed by atoms with Gasteiger partial charge in [-0.1, -0.05) is 35.9 Å². The van der Waals surface area contributed by atoms with Crippen LogP contribution in [0, 0.1) is 0 Å². The van der Waals surface area contributed by atoms with Gasteiger partial charge in [0.2, 0.25) is 0 Å². The SMILES string of the molecule is CC(C)=C(C(=O)Cl)c1ccccc1. The first-order chi connectivity index (χ1) is 6.13. The Kier molecular flexibility index (Phi) is 3.26. The molecule has 0 heterocycles. The molecule has 1 aromatic carbocycles. The second-order valence-electron chi connectivity index (χ2n) is 3.01. The van der Waals surface area contributed by atoms with Crippen LogP contribution in [0.2, 0.25) is 0 Å². The van der Waals surface area contributed by atoms with Crippen LogP contribution in [0.15, 0.2) is 35.9 Å². The highest BCUT2D eigenvalue weighted by Gasteiger charge is 2.09. The molecule has 0 aliphatic rings. The van der Waals surface area contributed by atoms with E-state index in [1.54, 1.807) is 0 Å². The van der Waals surface area contributed by atoms with E-state index in [4.69, 9.17) is 11.6 Å². The number of rotatable bonds is 2. The Bertz CT molecular complexity index is 334. The topological polar surface area (TPSA) is 17.1 Å². The highest BCUT2D eigenvalue weighted by Crippen LogP contribution is 2.20. The van der Waals surface area contributed by atoms with Crippen LogP contribution in [0.1, 0.15) is 19.4 Å². The Morgan fingerprint density at radius 2 is 1.69 bits per heavy atom. The van der Waals surface area contributed by atoms with Crippen LogP contribution >= 0.6 is 11.6 Å². The highest BCUT2D eigenvalue weighted by molar-refractivity contribution is 6.74. The molecule has 0 N–H and O–H groups in total. The van der Waals surface area contributed by atoms with Gasteiger partial charge in [0, 0.05) is 5.57 Å². The second-order valence-corrected chi connectivity index (χ2v) is 3.36. The zero-order chi connectivity index (χ0) is 9.84. The smallest absolute Gasteiger partial charge is 0.252 e. The Balaban J connectivity index is 3.20. The minimum absolute atomic E-state index is 0.397. The summed E-state index contributed by atoms with van der Waals surface area (Å²) < 4.78 is 0. The number of halogens is 1. The summed E-state index contributed by atoms with van der Waals surface area (Å²) in [7, 11) is 0. The lowest BCUT2D eigenvalue weighted by molar-refractivity contribution is -0.106. The minimum atomic E-state index is -0.397. The zero-order valence-electron chi connectivity index (χ0n) is 7.67. The minimum Gasteiger partial charge on any atom is -0.276 e. The third-order valence-electron chi connectivity index (χ3n) is 1.76. The van der Waals surface area contributed by atoms with E-state index in [0.29, 0.717) is 5.57 Å².